The van der Waals surface area contributed by atoms with Gasteiger partial charge in [-0.2, -0.15) is 0 Å². The molecule has 108 valence electrons. The Kier molecular flexibility index (Phi) is 5.19. The summed E-state index contributed by atoms with van der Waals surface area (Å²) in [5.41, 5.74) is 1.31. The van der Waals surface area contributed by atoms with E-state index in [1.807, 2.05) is 11.3 Å². The standard InChI is InChI=1S/C14H26N4S/c1-5-15-11-7-6-8-12-13(11)16-14(19-12)18(4)10-9-17(2)3/h11,15H,5-10H2,1-4H3. The molecule has 0 fully saturated rings. The first-order chi connectivity index (χ1) is 9.11. The molecule has 1 aromatic heterocycles. The van der Waals surface area contributed by atoms with Gasteiger partial charge in [-0.05, 0) is 39.9 Å². The molecule has 1 N–H and O–H groups in total. The van der Waals surface area contributed by atoms with Gasteiger partial charge in [-0.15, -0.1) is 11.3 Å². The Morgan fingerprint density at radius 1 is 1.32 bits per heavy atom. The second kappa shape index (κ2) is 6.68. The van der Waals surface area contributed by atoms with Gasteiger partial charge in [0.05, 0.1) is 11.7 Å². The lowest BCUT2D eigenvalue weighted by Gasteiger charge is -2.21. The van der Waals surface area contributed by atoms with Gasteiger partial charge in [-0.25, -0.2) is 4.98 Å². The van der Waals surface area contributed by atoms with Gasteiger partial charge in [-0.3, -0.25) is 0 Å². The maximum atomic E-state index is 4.89. The average molecular weight is 282 g/mol. The number of likely N-dealkylation sites (N-methyl/N-ethyl adjacent to an activating group) is 2. The lowest BCUT2D eigenvalue weighted by molar-refractivity contribution is 0.416. The number of fused-ring (bicyclic) bond motifs is 1. The molecule has 2 rings (SSSR count). The van der Waals surface area contributed by atoms with Crippen LogP contribution in [0.1, 0.15) is 36.4 Å². The lowest BCUT2D eigenvalue weighted by Crippen LogP contribution is -2.28. The van der Waals surface area contributed by atoms with Crippen molar-refractivity contribution in [3.05, 3.63) is 10.6 Å². The zero-order chi connectivity index (χ0) is 13.8. The molecule has 1 aromatic rings. The third-order valence-corrected chi connectivity index (χ3v) is 4.85. The molecular weight excluding hydrogens is 256 g/mol. The van der Waals surface area contributed by atoms with Gasteiger partial charge in [-0.1, -0.05) is 6.92 Å². The SMILES string of the molecule is CCNC1CCCc2sc(N(C)CCN(C)C)nc21. The van der Waals surface area contributed by atoms with Gasteiger partial charge in [0.25, 0.3) is 0 Å². The highest BCUT2D eigenvalue weighted by molar-refractivity contribution is 7.15. The summed E-state index contributed by atoms with van der Waals surface area (Å²) >= 11 is 1.88. The Morgan fingerprint density at radius 2 is 2.11 bits per heavy atom. The Labute approximate surface area is 120 Å². The highest BCUT2D eigenvalue weighted by atomic mass is 32.1. The highest BCUT2D eigenvalue weighted by Gasteiger charge is 2.24. The molecule has 1 aliphatic carbocycles. The minimum absolute atomic E-state index is 0.473. The van der Waals surface area contributed by atoms with Gasteiger partial charge < -0.3 is 15.1 Å². The topological polar surface area (TPSA) is 31.4 Å². The van der Waals surface area contributed by atoms with Crippen molar-refractivity contribution >= 4 is 16.5 Å². The fourth-order valence-electron chi connectivity index (χ4n) is 2.46. The number of nitrogens with one attached hydrogen (secondary N) is 1. The van der Waals surface area contributed by atoms with E-state index in [4.69, 9.17) is 4.98 Å². The summed E-state index contributed by atoms with van der Waals surface area (Å²) in [6, 6.07) is 0.473. The van der Waals surface area contributed by atoms with E-state index >= 15 is 0 Å². The molecule has 4 nitrogen and oxygen atoms in total. The molecule has 0 saturated carbocycles. The predicted octanol–water partition coefficient (Wildman–Crippen LogP) is 2.13. The zero-order valence-electron chi connectivity index (χ0n) is 12.6. The summed E-state index contributed by atoms with van der Waals surface area (Å²) in [5.74, 6) is 0. The summed E-state index contributed by atoms with van der Waals surface area (Å²) in [6.07, 6.45) is 3.72. The third kappa shape index (κ3) is 3.68. The number of anilines is 1. The Hall–Kier alpha value is -0.650. The first-order valence-electron chi connectivity index (χ1n) is 7.20. The van der Waals surface area contributed by atoms with Crippen LogP contribution < -0.4 is 10.2 Å². The largest absolute Gasteiger partial charge is 0.350 e. The molecule has 0 aliphatic heterocycles. The fourth-order valence-corrected chi connectivity index (χ4v) is 3.61. The molecule has 19 heavy (non-hydrogen) atoms. The van der Waals surface area contributed by atoms with E-state index in [0.717, 1.165) is 19.6 Å². The maximum absolute atomic E-state index is 4.89. The minimum Gasteiger partial charge on any atom is -0.350 e. The van der Waals surface area contributed by atoms with Crippen molar-refractivity contribution in [3.8, 4) is 0 Å². The summed E-state index contributed by atoms with van der Waals surface area (Å²) in [6.45, 7) is 5.29. The molecule has 0 radical (unpaired) electrons. The van der Waals surface area contributed by atoms with Crippen LogP contribution in [-0.2, 0) is 6.42 Å². The summed E-state index contributed by atoms with van der Waals surface area (Å²) in [5, 5.41) is 4.74. The molecule has 1 atom stereocenters. The van der Waals surface area contributed by atoms with E-state index in [2.05, 4.69) is 43.2 Å². The number of thiazole rings is 1. The predicted molar refractivity (Wildman–Crippen MR) is 83.3 cm³/mol. The van der Waals surface area contributed by atoms with Crippen molar-refractivity contribution in [3.63, 3.8) is 0 Å². The van der Waals surface area contributed by atoms with Crippen molar-refractivity contribution in [2.45, 2.75) is 32.2 Å². The van der Waals surface area contributed by atoms with Crippen LogP contribution in [0.25, 0.3) is 0 Å². The molecule has 1 unspecified atom stereocenters. The van der Waals surface area contributed by atoms with E-state index < -0.39 is 0 Å². The monoisotopic (exact) mass is 282 g/mol. The van der Waals surface area contributed by atoms with Gasteiger partial charge >= 0.3 is 0 Å². The highest BCUT2D eigenvalue weighted by Crippen LogP contribution is 2.36. The second-order valence-corrected chi connectivity index (χ2v) is 6.59. The minimum atomic E-state index is 0.473. The smallest absolute Gasteiger partial charge is 0.185 e. The third-order valence-electron chi connectivity index (χ3n) is 3.60. The molecular formula is C14H26N4S. The first kappa shape index (κ1) is 14.8. The quantitative estimate of drug-likeness (QED) is 0.866. The van der Waals surface area contributed by atoms with E-state index in [9.17, 15) is 0 Å². The fraction of sp³-hybridized carbons (Fsp3) is 0.786. The molecule has 1 heterocycles. The van der Waals surface area contributed by atoms with Crippen LogP contribution in [0, 0.1) is 0 Å². The number of hydrogen-bond donors (Lipinski definition) is 1. The molecule has 0 amide bonds. The van der Waals surface area contributed by atoms with Gasteiger partial charge in [0.1, 0.15) is 0 Å². The molecule has 0 aromatic carbocycles. The molecule has 5 heteroatoms. The average Bonchev–Trinajstić information content (AvgIpc) is 2.81. The number of nitrogens with zero attached hydrogens (tertiary/aromatic N) is 3. The molecule has 0 spiro atoms. The van der Waals surface area contributed by atoms with Crippen LogP contribution in [0.15, 0.2) is 0 Å². The Morgan fingerprint density at radius 3 is 2.79 bits per heavy atom. The van der Waals surface area contributed by atoms with Gasteiger partial charge in [0, 0.05) is 25.0 Å². The summed E-state index contributed by atoms with van der Waals surface area (Å²) < 4.78 is 0. The molecule has 1 aliphatic rings. The van der Waals surface area contributed by atoms with Crippen LogP contribution in [0.2, 0.25) is 0 Å². The van der Waals surface area contributed by atoms with Crippen molar-refractivity contribution in [2.24, 2.45) is 0 Å². The maximum Gasteiger partial charge on any atom is 0.185 e. The number of hydrogen-bond acceptors (Lipinski definition) is 5. The summed E-state index contributed by atoms with van der Waals surface area (Å²) in [7, 11) is 6.37. The normalized spacial score (nSPS) is 18.7. The van der Waals surface area contributed by atoms with Crippen LogP contribution in [0.3, 0.4) is 0 Å². The number of aromatic nitrogens is 1. The van der Waals surface area contributed by atoms with E-state index in [1.54, 1.807) is 0 Å². The lowest BCUT2D eigenvalue weighted by atomic mass is 9.98. The van der Waals surface area contributed by atoms with Crippen molar-refractivity contribution in [2.75, 3.05) is 45.7 Å². The molecule has 0 bridgehead atoms. The number of rotatable bonds is 6. The van der Waals surface area contributed by atoms with Crippen LogP contribution in [0.5, 0.6) is 0 Å². The van der Waals surface area contributed by atoms with E-state index in [1.165, 1.54) is 35.0 Å². The second-order valence-electron chi connectivity index (χ2n) is 5.53. The molecule has 0 saturated heterocycles. The Balaban J connectivity index is 2.07. The first-order valence-corrected chi connectivity index (χ1v) is 8.02. The van der Waals surface area contributed by atoms with Gasteiger partial charge in [0.2, 0.25) is 0 Å². The van der Waals surface area contributed by atoms with E-state index in [0.29, 0.717) is 6.04 Å². The van der Waals surface area contributed by atoms with Gasteiger partial charge in [0.15, 0.2) is 5.13 Å². The van der Waals surface area contributed by atoms with Crippen LogP contribution >= 0.6 is 11.3 Å². The van der Waals surface area contributed by atoms with Crippen molar-refractivity contribution in [1.82, 2.24) is 15.2 Å². The summed E-state index contributed by atoms with van der Waals surface area (Å²) in [4.78, 5) is 10.9. The van der Waals surface area contributed by atoms with Crippen molar-refractivity contribution < 1.29 is 0 Å². The van der Waals surface area contributed by atoms with E-state index in [-0.39, 0.29) is 0 Å². The van der Waals surface area contributed by atoms with Crippen LogP contribution in [0.4, 0.5) is 5.13 Å². The van der Waals surface area contributed by atoms with Crippen LogP contribution in [-0.4, -0.2) is 50.7 Å². The Bertz CT molecular complexity index is 402. The zero-order valence-corrected chi connectivity index (χ0v) is 13.4. The van der Waals surface area contributed by atoms with Crippen molar-refractivity contribution in [1.29, 1.82) is 0 Å². The number of aryl methyl sites for hydroxylation is 1.